The number of aliphatic hydroxyl groups is 1. The maximum atomic E-state index is 11.3. The van der Waals surface area contributed by atoms with Gasteiger partial charge in [-0.2, -0.15) is 0 Å². The number of rotatable bonds is 2. The second-order valence-electron chi connectivity index (χ2n) is 4.82. The summed E-state index contributed by atoms with van der Waals surface area (Å²) in [5.74, 6) is -0.249. The van der Waals surface area contributed by atoms with Gasteiger partial charge in [-0.3, -0.25) is 4.79 Å². The van der Waals surface area contributed by atoms with Crippen LogP contribution in [-0.4, -0.2) is 22.3 Å². The van der Waals surface area contributed by atoms with Gasteiger partial charge in [0.05, 0.1) is 11.5 Å². The highest BCUT2D eigenvalue weighted by Crippen LogP contribution is 2.50. The minimum absolute atomic E-state index is 0.262. The second-order valence-corrected chi connectivity index (χ2v) is 4.82. The Kier molecular flexibility index (Phi) is 2.52. The van der Waals surface area contributed by atoms with E-state index in [1.807, 2.05) is 0 Å². The molecule has 0 aromatic heterocycles. The topological polar surface area (TPSA) is 57.5 Å². The molecule has 0 spiro atoms. The number of hydrogen-bond acceptors (Lipinski definition) is 2. The van der Waals surface area contributed by atoms with E-state index < -0.39 is 11.4 Å². The Balaban J connectivity index is 2.10. The molecular formula is C11H18O3. The van der Waals surface area contributed by atoms with E-state index in [4.69, 9.17) is 0 Å². The van der Waals surface area contributed by atoms with Crippen LogP contribution in [0, 0.1) is 11.3 Å². The zero-order valence-electron chi connectivity index (χ0n) is 8.41. The molecule has 0 bridgehead atoms. The summed E-state index contributed by atoms with van der Waals surface area (Å²) < 4.78 is 0. The van der Waals surface area contributed by atoms with E-state index in [2.05, 4.69) is 0 Å². The minimum atomic E-state index is -0.630. The lowest BCUT2D eigenvalue weighted by atomic mass is 9.59. The highest BCUT2D eigenvalue weighted by atomic mass is 16.4. The molecule has 2 fully saturated rings. The van der Waals surface area contributed by atoms with Crippen LogP contribution in [0.2, 0.25) is 0 Å². The van der Waals surface area contributed by atoms with E-state index >= 15 is 0 Å². The smallest absolute Gasteiger partial charge is 0.309 e. The van der Waals surface area contributed by atoms with Crippen LogP contribution in [0.3, 0.4) is 0 Å². The van der Waals surface area contributed by atoms with Crippen LogP contribution in [0.15, 0.2) is 0 Å². The summed E-state index contributed by atoms with van der Waals surface area (Å²) in [7, 11) is 0. The van der Waals surface area contributed by atoms with E-state index in [-0.39, 0.29) is 6.10 Å². The summed E-state index contributed by atoms with van der Waals surface area (Å²) in [6, 6.07) is 0. The first-order valence-electron chi connectivity index (χ1n) is 5.56. The third-order valence-electron chi connectivity index (χ3n) is 4.16. The van der Waals surface area contributed by atoms with Crippen LogP contribution in [0.5, 0.6) is 0 Å². The average molecular weight is 198 g/mol. The Hall–Kier alpha value is -0.570. The number of aliphatic hydroxyl groups excluding tert-OH is 1. The van der Waals surface area contributed by atoms with Gasteiger partial charge in [0.15, 0.2) is 0 Å². The summed E-state index contributed by atoms with van der Waals surface area (Å²) >= 11 is 0. The fourth-order valence-electron chi connectivity index (χ4n) is 2.88. The molecule has 0 heterocycles. The van der Waals surface area contributed by atoms with Crippen molar-refractivity contribution >= 4 is 5.97 Å². The summed E-state index contributed by atoms with van der Waals surface area (Å²) in [5.41, 5.74) is -0.489. The van der Waals surface area contributed by atoms with Crippen molar-refractivity contribution in [2.24, 2.45) is 11.3 Å². The van der Waals surface area contributed by atoms with Crippen molar-refractivity contribution in [2.45, 2.75) is 51.0 Å². The Bertz CT molecular complexity index is 225. The van der Waals surface area contributed by atoms with Gasteiger partial charge >= 0.3 is 5.97 Å². The van der Waals surface area contributed by atoms with E-state index in [0.29, 0.717) is 31.6 Å². The van der Waals surface area contributed by atoms with E-state index in [0.717, 1.165) is 12.8 Å². The van der Waals surface area contributed by atoms with E-state index in [1.165, 1.54) is 6.42 Å². The van der Waals surface area contributed by atoms with Crippen molar-refractivity contribution in [1.29, 1.82) is 0 Å². The molecule has 2 aliphatic rings. The lowest BCUT2D eigenvalue weighted by molar-refractivity contribution is -0.160. The first kappa shape index (κ1) is 9.97. The lowest BCUT2D eigenvalue weighted by Crippen LogP contribution is -2.45. The van der Waals surface area contributed by atoms with Gasteiger partial charge in [0.2, 0.25) is 0 Å². The highest BCUT2D eigenvalue weighted by molar-refractivity contribution is 5.75. The van der Waals surface area contributed by atoms with Gasteiger partial charge < -0.3 is 10.2 Å². The van der Waals surface area contributed by atoms with E-state index in [9.17, 15) is 15.0 Å². The monoisotopic (exact) mass is 198 g/mol. The maximum absolute atomic E-state index is 11.3. The SMILES string of the molecule is O=C(O)C1(C2CCC2)CCC(O)CC1. The van der Waals surface area contributed by atoms with Gasteiger partial charge in [0, 0.05) is 0 Å². The molecular weight excluding hydrogens is 180 g/mol. The Morgan fingerprint density at radius 3 is 2.07 bits per heavy atom. The van der Waals surface area contributed by atoms with Gasteiger partial charge in [-0.25, -0.2) is 0 Å². The molecule has 0 aromatic carbocycles. The Labute approximate surface area is 84.1 Å². The predicted octanol–water partition coefficient (Wildman–Crippen LogP) is 1.79. The van der Waals surface area contributed by atoms with Crippen molar-refractivity contribution in [3.05, 3.63) is 0 Å². The zero-order valence-corrected chi connectivity index (χ0v) is 8.41. The van der Waals surface area contributed by atoms with Crippen LogP contribution < -0.4 is 0 Å². The van der Waals surface area contributed by atoms with Crippen LogP contribution >= 0.6 is 0 Å². The number of aliphatic carboxylic acids is 1. The number of carboxylic acid groups (broad SMARTS) is 1. The molecule has 2 saturated carbocycles. The minimum Gasteiger partial charge on any atom is -0.481 e. The highest BCUT2D eigenvalue weighted by Gasteiger charge is 2.49. The fraction of sp³-hybridized carbons (Fsp3) is 0.909. The summed E-state index contributed by atoms with van der Waals surface area (Å²) in [4.78, 5) is 11.3. The third-order valence-corrected chi connectivity index (χ3v) is 4.16. The summed E-state index contributed by atoms with van der Waals surface area (Å²) in [6.07, 6.45) is 5.75. The molecule has 2 N–H and O–H groups in total. The first-order chi connectivity index (χ1) is 6.65. The van der Waals surface area contributed by atoms with Crippen LogP contribution in [0.4, 0.5) is 0 Å². The molecule has 0 aliphatic heterocycles. The quantitative estimate of drug-likeness (QED) is 0.711. The van der Waals surface area contributed by atoms with Gasteiger partial charge in [-0.05, 0) is 44.4 Å². The summed E-state index contributed by atoms with van der Waals surface area (Å²) in [6.45, 7) is 0. The molecule has 2 aliphatic carbocycles. The van der Waals surface area contributed by atoms with E-state index in [1.54, 1.807) is 0 Å². The summed E-state index contributed by atoms with van der Waals surface area (Å²) in [5, 5.41) is 18.7. The molecule has 3 nitrogen and oxygen atoms in total. The van der Waals surface area contributed by atoms with Crippen molar-refractivity contribution in [2.75, 3.05) is 0 Å². The largest absolute Gasteiger partial charge is 0.481 e. The van der Waals surface area contributed by atoms with Gasteiger partial charge in [-0.15, -0.1) is 0 Å². The van der Waals surface area contributed by atoms with Gasteiger partial charge in [0.1, 0.15) is 0 Å². The standard InChI is InChI=1S/C11H18O3/c12-9-4-6-11(7-5-9,10(13)14)8-2-1-3-8/h8-9,12H,1-7H2,(H,13,14). The maximum Gasteiger partial charge on any atom is 0.309 e. The molecule has 2 rings (SSSR count). The molecule has 0 unspecified atom stereocenters. The first-order valence-corrected chi connectivity index (χ1v) is 5.56. The molecule has 80 valence electrons. The van der Waals surface area contributed by atoms with Crippen LogP contribution in [0.1, 0.15) is 44.9 Å². The van der Waals surface area contributed by atoms with Gasteiger partial charge in [0.25, 0.3) is 0 Å². The predicted molar refractivity (Wildman–Crippen MR) is 51.9 cm³/mol. The number of carboxylic acids is 1. The van der Waals surface area contributed by atoms with Crippen LogP contribution in [-0.2, 0) is 4.79 Å². The third kappa shape index (κ3) is 1.44. The normalized spacial score (nSPS) is 39.1. The van der Waals surface area contributed by atoms with Crippen molar-refractivity contribution in [1.82, 2.24) is 0 Å². The van der Waals surface area contributed by atoms with Crippen LogP contribution in [0.25, 0.3) is 0 Å². The zero-order chi connectivity index (χ0) is 10.2. The molecule has 3 heteroatoms. The van der Waals surface area contributed by atoms with Crippen molar-refractivity contribution in [3.8, 4) is 0 Å². The number of hydrogen-bond donors (Lipinski definition) is 2. The lowest BCUT2D eigenvalue weighted by Gasteiger charge is -2.45. The van der Waals surface area contributed by atoms with Gasteiger partial charge in [-0.1, -0.05) is 6.42 Å². The van der Waals surface area contributed by atoms with Crippen molar-refractivity contribution < 1.29 is 15.0 Å². The molecule has 0 radical (unpaired) electrons. The Morgan fingerprint density at radius 2 is 1.71 bits per heavy atom. The molecule has 0 atom stereocenters. The average Bonchev–Trinajstić information content (AvgIpc) is 2.05. The molecule has 0 aromatic rings. The Morgan fingerprint density at radius 1 is 1.14 bits per heavy atom. The van der Waals surface area contributed by atoms with Crippen molar-refractivity contribution in [3.63, 3.8) is 0 Å². The molecule has 0 saturated heterocycles. The fourth-order valence-corrected chi connectivity index (χ4v) is 2.88. The second kappa shape index (κ2) is 3.54. The number of carbonyl (C=O) groups is 1. The molecule has 0 amide bonds. The molecule has 14 heavy (non-hydrogen) atoms.